The number of rotatable bonds is 16. The molecule has 0 aliphatic heterocycles. The molecular formula is C20H27BrN4O8S2. The minimum Gasteiger partial charge on any atom is -0.507 e. The van der Waals surface area contributed by atoms with Gasteiger partial charge in [-0.1, -0.05) is 32.8 Å². The number of aromatic hydroxyl groups is 1. The van der Waals surface area contributed by atoms with Crippen LogP contribution in [0.3, 0.4) is 0 Å². The van der Waals surface area contributed by atoms with E-state index < -0.39 is 35.8 Å². The summed E-state index contributed by atoms with van der Waals surface area (Å²) in [7, 11) is 3.93. The summed E-state index contributed by atoms with van der Waals surface area (Å²) in [6.07, 6.45) is -0.0688. The van der Waals surface area contributed by atoms with Gasteiger partial charge in [0.2, 0.25) is 5.91 Å². The van der Waals surface area contributed by atoms with Gasteiger partial charge in [0.25, 0.3) is 5.91 Å². The van der Waals surface area contributed by atoms with Crippen LogP contribution in [0.1, 0.15) is 18.4 Å². The fourth-order valence-corrected chi connectivity index (χ4v) is 5.09. The highest BCUT2D eigenvalue weighted by Crippen LogP contribution is 2.24. The molecule has 0 saturated heterocycles. The van der Waals surface area contributed by atoms with Gasteiger partial charge in [0.15, 0.2) is 0 Å². The molecule has 1 aromatic carbocycles. The number of carbonyl (C=O) groups excluding carboxylic acids is 2. The third-order valence-corrected chi connectivity index (χ3v) is 7.55. The number of carboxylic acids is 2. The van der Waals surface area contributed by atoms with Crippen LogP contribution in [-0.4, -0.2) is 87.2 Å². The van der Waals surface area contributed by atoms with E-state index in [-0.39, 0.29) is 43.0 Å². The minimum atomic E-state index is -1.21. The fraction of sp³-hybridized carbons (Fsp3) is 0.450. The molecule has 0 aliphatic carbocycles. The first kappa shape index (κ1) is 30.5. The number of oxime groups is 1. The molecular weight excluding hydrogens is 568 g/mol. The third-order valence-electron chi connectivity index (χ3n) is 4.50. The smallest absolute Gasteiger partial charge is 0.327 e. The molecule has 35 heavy (non-hydrogen) atoms. The molecule has 0 saturated carbocycles. The zero-order valence-corrected chi connectivity index (χ0v) is 21.9. The van der Waals surface area contributed by atoms with E-state index in [1.54, 1.807) is 12.1 Å². The van der Waals surface area contributed by atoms with Crippen molar-refractivity contribution >= 4 is 67.0 Å². The molecule has 15 heteroatoms. The zero-order valence-electron chi connectivity index (χ0n) is 18.7. The number of benzene rings is 1. The van der Waals surface area contributed by atoms with Crippen LogP contribution in [-0.2, 0) is 25.6 Å². The highest BCUT2D eigenvalue weighted by Gasteiger charge is 2.22. The lowest BCUT2D eigenvalue weighted by molar-refractivity contribution is -0.142. The predicted octanol–water partition coefficient (Wildman–Crippen LogP) is 1.05. The van der Waals surface area contributed by atoms with Gasteiger partial charge in [0.1, 0.15) is 23.5 Å². The van der Waals surface area contributed by atoms with Gasteiger partial charge in [-0.2, -0.15) is 0 Å². The summed E-state index contributed by atoms with van der Waals surface area (Å²) in [5.41, 5.74) is 0.533. The van der Waals surface area contributed by atoms with Crippen LogP contribution in [0.25, 0.3) is 0 Å². The Bertz CT molecular complexity index is 934. The Hall–Kier alpha value is -2.49. The summed E-state index contributed by atoms with van der Waals surface area (Å²) < 4.78 is 0.444. The van der Waals surface area contributed by atoms with E-state index in [1.165, 1.54) is 34.7 Å². The van der Waals surface area contributed by atoms with E-state index in [0.29, 0.717) is 15.8 Å². The van der Waals surface area contributed by atoms with E-state index >= 15 is 0 Å². The average Bonchev–Trinajstić information content (AvgIpc) is 2.80. The summed E-state index contributed by atoms with van der Waals surface area (Å²) in [4.78, 5) is 46.5. The van der Waals surface area contributed by atoms with Crippen LogP contribution in [0, 0.1) is 0 Å². The second-order valence-electron chi connectivity index (χ2n) is 7.05. The number of likely N-dealkylation sites (N-methyl/N-ethyl adjacent to an activating group) is 1. The first-order valence-electron chi connectivity index (χ1n) is 10.2. The molecule has 0 fully saturated rings. The van der Waals surface area contributed by atoms with Gasteiger partial charge in [-0.3, -0.25) is 14.4 Å². The van der Waals surface area contributed by atoms with Crippen molar-refractivity contribution in [3.05, 3.63) is 28.2 Å². The van der Waals surface area contributed by atoms with Crippen molar-refractivity contribution in [1.82, 2.24) is 16.0 Å². The fourth-order valence-electron chi connectivity index (χ4n) is 2.61. The lowest BCUT2D eigenvalue weighted by Crippen LogP contribution is -2.43. The van der Waals surface area contributed by atoms with Crippen molar-refractivity contribution in [2.24, 2.45) is 5.16 Å². The molecule has 0 bridgehead atoms. The minimum absolute atomic E-state index is 0.0226. The number of amides is 2. The molecule has 2 amide bonds. The van der Waals surface area contributed by atoms with Crippen molar-refractivity contribution in [2.75, 3.05) is 25.1 Å². The van der Waals surface area contributed by atoms with Gasteiger partial charge < -0.3 is 36.5 Å². The lowest BCUT2D eigenvalue weighted by Gasteiger charge is -2.15. The summed E-state index contributed by atoms with van der Waals surface area (Å²) in [5.74, 6) is -2.92. The van der Waals surface area contributed by atoms with Gasteiger partial charge in [-0.15, -0.1) is 0 Å². The Balaban J connectivity index is 2.35. The topological polar surface area (TPSA) is 198 Å². The average molecular weight is 595 g/mol. The largest absolute Gasteiger partial charge is 0.507 e. The summed E-state index contributed by atoms with van der Waals surface area (Å²) >= 11 is 3.17. The number of hydrogen-bond acceptors (Lipinski definition) is 10. The maximum atomic E-state index is 12.2. The molecule has 0 spiro atoms. The van der Waals surface area contributed by atoms with Gasteiger partial charge in [0.05, 0.1) is 4.47 Å². The Morgan fingerprint density at radius 3 is 2.37 bits per heavy atom. The Kier molecular flexibility index (Phi) is 14.2. The first-order chi connectivity index (χ1) is 16.6. The van der Waals surface area contributed by atoms with Gasteiger partial charge >= 0.3 is 11.9 Å². The third kappa shape index (κ3) is 11.7. The Morgan fingerprint density at radius 2 is 1.80 bits per heavy atom. The number of carboxylic acid groups (broad SMARTS) is 2. The Labute approximate surface area is 217 Å². The van der Waals surface area contributed by atoms with E-state index in [9.17, 15) is 29.4 Å². The first-order valence-corrected chi connectivity index (χ1v) is 13.5. The van der Waals surface area contributed by atoms with E-state index in [4.69, 9.17) is 10.3 Å². The monoisotopic (exact) mass is 594 g/mol. The second-order valence-corrected chi connectivity index (χ2v) is 10.5. The van der Waals surface area contributed by atoms with Crippen LogP contribution in [0.15, 0.2) is 27.8 Å². The molecule has 2 atom stereocenters. The quantitative estimate of drug-likeness (QED) is 0.0474. The number of phenolic OH excluding ortho intramolecular Hbond substituents is 1. The van der Waals surface area contributed by atoms with Crippen LogP contribution in [0.5, 0.6) is 5.75 Å². The van der Waals surface area contributed by atoms with Crippen molar-refractivity contribution in [1.29, 1.82) is 0 Å². The molecule has 194 valence electrons. The Morgan fingerprint density at radius 1 is 1.11 bits per heavy atom. The highest BCUT2D eigenvalue weighted by molar-refractivity contribution is 9.10. The predicted molar refractivity (Wildman–Crippen MR) is 136 cm³/mol. The van der Waals surface area contributed by atoms with Crippen LogP contribution < -0.4 is 16.0 Å². The number of phenols is 1. The molecule has 1 rings (SSSR count). The molecule has 7 N–H and O–H groups in total. The molecule has 0 radical (unpaired) electrons. The van der Waals surface area contributed by atoms with Crippen LogP contribution in [0.4, 0.5) is 0 Å². The summed E-state index contributed by atoms with van der Waals surface area (Å²) in [5, 5.41) is 47.5. The molecule has 0 heterocycles. The van der Waals surface area contributed by atoms with Gasteiger partial charge in [-0.25, -0.2) is 4.79 Å². The molecule has 12 nitrogen and oxygen atoms in total. The van der Waals surface area contributed by atoms with Crippen LogP contribution in [0.2, 0.25) is 0 Å². The second kappa shape index (κ2) is 16.2. The normalized spacial score (nSPS) is 13.0. The van der Waals surface area contributed by atoms with Crippen molar-refractivity contribution in [3.8, 4) is 5.75 Å². The number of halogens is 1. The van der Waals surface area contributed by atoms with Gasteiger partial charge in [-0.05, 0) is 47.1 Å². The molecule has 0 aliphatic rings. The summed E-state index contributed by atoms with van der Waals surface area (Å²) in [6.45, 7) is 0.222. The standard InChI is InChI=1S/C20H27BrN4O8S2/c1-22-13(19(29)30)3-5-17(27)24-15(20(31)32)10-35-34-7-6-23-18(28)14(25-33)9-11-2-4-16(26)12(21)8-11/h2,4,8,13,15,22,26,33H,3,5-7,9-10H2,1H3,(H,23,28)(H,24,27)(H,29,30)(H,31,32). The van der Waals surface area contributed by atoms with Crippen molar-refractivity contribution in [2.45, 2.75) is 31.3 Å². The zero-order chi connectivity index (χ0) is 26.4. The molecule has 2 unspecified atom stereocenters. The molecule has 1 aromatic rings. The SMILES string of the molecule is CNC(CCC(=O)NC(CSSCCNC(=O)C(Cc1ccc(O)c(Br)c1)=NO)C(=O)O)C(=O)O. The van der Waals surface area contributed by atoms with Crippen molar-refractivity contribution in [3.63, 3.8) is 0 Å². The van der Waals surface area contributed by atoms with E-state index in [0.717, 1.165) is 0 Å². The lowest BCUT2D eigenvalue weighted by atomic mass is 10.1. The summed E-state index contributed by atoms with van der Waals surface area (Å²) in [6, 6.07) is 2.59. The maximum absolute atomic E-state index is 12.2. The highest BCUT2D eigenvalue weighted by atomic mass is 79.9. The number of hydrogen-bond donors (Lipinski definition) is 7. The number of carbonyl (C=O) groups is 4. The number of aliphatic carboxylic acids is 2. The number of nitrogens with zero attached hydrogens (tertiary/aromatic N) is 1. The maximum Gasteiger partial charge on any atom is 0.327 e. The van der Waals surface area contributed by atoms with Crippen LogP contribution >= 0.6 is 37.5 Å². The number of nitrogens with one attached hydrogen (secondary N) is 3. The van der Waals surface area contributed by atoms with Gasteiger partial charge in [0, 0.05) is 30.9 Å². The van der Waals surface area contributed by atoms with E-state index in [1.807, 2.05) is 0 Å². The van der Waals surface area contributed by atoms with E-state index in [2.05, 4.69) is 37.0 Å². The van der Waals surface area contributed by atoms with Crippen molar-refractivity contribution < 1.29 is 39.7 Å². The molecule has 0 aromatic heterocycles.